The van der Waals surface area contributed by atoms with Crippen molar-refractivity contribution >= 4 is 35.1 Å². The quantitative estimate of drug-likeness (QED) is 0.179. The fourth-order valence-electron chi connectivity index (χ4n) is 4.47. The smallest absolute Gasteiger partial charge is 0.416 e. The molecule has 0 spiro atoms. The Bertz CT molecular complexity index is 1350. The van der Waals surface area contributed by atoms with Crippen LogP contribution in [0.2, 0.25) is 0 Å². The number of benzene rings is 2. The van der Waals surface area contributed by atoms with Crippen LogP contribution in [0.3, 0.4) is 0 Å². The molecule has 0 aliphatic heterocycles. The minimum atomic E-state index is -4.41. The molecule has 2 aromatic carbocycles. The molecule has 218 valence electrons. The first-order valence-corrected chi connectivity index (χ1v) is 14.4. The van der Waals surface area contributed by atoms with Crippen LogP contribution < -0.4 is 15.5 Å². The van der Waals surface area contributed by atoms with Crippen LogP contribution in [0.1, 0.15) is 47.9 Å². The van der Waals surface area contributed by atoms with Crippen LogP contribution in [-0.2, 0) is 40.0 Å². The Hall–Kier alpha value is -3.71. The number of rotatable bonds is 12. The summed E-state index contributed by atoms with van der Waals surface area (Å²) in [4.78, 5) is 35.2. The van der Waals surface area contributed by atoms with Crippen LogP contribution in [0.15, 0.2) is 59.8 Å². The Morgan fingerprint density at radius 2 is 1.83 bits per heavy atom. The summed E-state index contributed by atoms with van der Waals surface area (Å²) >= 11 is -1.32. The van der Waals surface area contributed by atoms with E-state index in [0.717, 1.165) is 25.0 Å². The van der Waals surface area contributed by atoms with E-state index in [4.69, 9.17) is 0 Å². The Morgan fingerprint density at radius 3 is 2.37 bits per heavy atom. The lowest BCUT2D eigenvalue weighted by molar-refractivity contribution is -0.137. The van der Waals surface area contributed by atoms with Gasteiger partial charge in [-0.2, -0.15) is 13.2 Å². The first-order chi connectivity index (χ1) is 19.5. The zero-order valence-electron chi connectivity index (χ0n) is 22.3. The van der Waals surface area contributed by atoms with Gasteiger partial charge in [0.2, 0.25) is 18.3 Å². The van der Waals surface area contributed by atoms with Gasteiger partial charge >= 0.3 is 6.18 Å². The fraction of sp³-hybridized carbons (Fsp3) is 0.357. The molecule has 13 heteroatoms. The molecule has 0 bridgehead atoms. The first-order valence-electron chi connectivity index (χ1n) is 12.8. The largest absolute Gasteiger partial charge is 0.612 e. The standard InChI is InChI=1S/C28H29F4N5O3S/c1-17(29)25(24-10-9-23(41(2)40)11-19(24)12-33-16-38)26(39)36-21-13-34-27(35-14-21)37(22-7-8-22)15-18-3-5-20(6-4-18)28(30,31)32/h3-6,9-11,13-14,16-17,22,25H,7-8,12,15H2,1-2H3,(H,33,38)(H,36,39). The number of aromatic nitrogens is 2. The number of hydrogen-bond donors (Lipinski definition) is 2. The van der Waals surface area contributed by atoms with Crippen molar-refractivity contribution in [3.63, 3.8) is 0 Å². The van der Waals surface area contributed by atoms with Gasteiger partial charge in [-0.25, -0.2) is 14.4 Å². The Kier molecular flexibility index (Phi) is 9.49. The topological polar surface area (TPSA) is 110 Å². The molecular weight excluding hydrogens is 562 g/mol. The maximum Gasteiger partial charge on any atom is 0.416 e. The average molecular weight is 592 g/mol. The molecule has 1 saturated carbocycles. The molecule has 3 aromatic rings. The van der Waals surface area contributed by atoms with Gasteiger partial charge in [-0.3, -0.25) is 9.59 Å². The van der Waals surface area contributed by atoms with E-state index in [1.165, 1.54) is 43.8 Å². The van der Waals surface area contributed by atoms with E-state index >= 15 is 0 Å². The summed E-state index contributed by atoms with van der Waals surface area (Å²) in [6.07, 6.45) is 0.525. The Labute approximate surface area is 237 Å². The van der Waals surface area contributed by atoms with Gasteiger partial charge in [-0.05, 0) is 71.9 Å². The van der Waals surface area contributed by atoms with E-state index in [9.17, 15) is 31.7 Å². The molecule has 41 heavy (non-hydrogen) atoms. The van der Waals surface area contributed by atoms with E-state index in [-0.39, 0.29) is 18.3 Å². The van der Waals surface area contributed by atoms with E-state index in [2.05, 4.69) is 20.6 Å². The fourth-order valence-corrected chi connectivity index (χ4v) is 5.03. The second kappa shape index (κ2) is 12.9. The third kappa shape index (κ3) is 7.73. The summed E-state index contributed by atoms with van der Waals surface area (Å²) in [6.45, 7) is 1.58. The van der Waals surface area contributed by atoms with Gasteiger partial charge in [-0.15, -0.1) is 0 Å². The molecule has 2 N–H and O–H groups in total. The number of alkyl halides is 4. The Balaban J connectivity index is 1.50. The lowest BCUT2D eigenvalue weighted by atomic mass is 9.90. The highest BCUT2D eigenvalue weighted by atomic mass is 32.2. The number of carbonyl (C=O) groups is 2. The highest BCUT2D eigenvalue weighted by Crippen LogP contribution is 2.33. The van der Waals surface area contributed by atoms with Crippen molar-refractivity contribution in [2.45, 2.75) is 62.1 Å². The number of nitrogens with zero attached hydrogens (tertiary/aromatic N) is 3. The normalized spacial score (nSPS) is 15.5. The predicted octanol–water partition coefficient (Wildman–Crippen LogP) is 4.73. The number of hydrogen-bond acceptors (Lipinski definition) is 6. The number of carbonyl (C=O) groups excluding carboxylic acids is 2. The van der Waals surface area contributed by atoms with E-state index in [1.54, 1.807) is 12.1 Å². The summed E-state index contributed by atoms with van der Waals surface area (Å²) in [5.41, 5.74) is 0.983. The summed E-state index contributed by atoms with van der Waals surface area (Å²) in [7, 11) is 0. The SMILES string of the molecule is CC(F)C(C(=O)Nc1cnc(N(Cc2ccc(C(F)(F)F)cc2)C2CC2)nc1)c1ccc([S+](C)[O-])cc1CNC=O. The zero-order valence-corrected chi connectivity index (χ0v) is 23.1. The minimum Gasteiger partial charge on any atom is -0.612 e. The van der Waals surface area contributed by atoms with Crippen LogP contribution in [-0.4, -0.2) is 45.3 Å². The molecule has 0 saturated heterocycles. The summed E-state index contributed by atoms with van der Waals surface area (Å²) < 4.78 is 65.5. The molecule has 3 unspecified atom stereocenters. The molecular formula is C28H29F4N5O3S. The molecule has 8 nitrogen and oxygen atoms in total. The molecule has 1 aromatic heterocycles. The van der Waals surface area contributed by atoms with Gasteiger partial charge in [-0.1, -0.05) is 18.2 Å². The third-order valence-corrected chi connectivity index (χ3v) is 7.60. The number of anilines is 2. The van der Waals surface area contributed by atoms with E-state index in [1.807, 2.05) is 4.90 Å². The summed E-state index contributed by atoms with van der Waals surface area (Å²) in [5, 5.41) is 5.15. The maximum atomic E-state index is 14.8. The minimum absolute atomic E-state index is 0.0219. The number of nitrogens with one attached hydrogen (secondary N) is 2. The lowest BCUT2D eigenvalue weighted by Crippen LogP contribution is -2.29. The van der Waals surface area contributed by atoms with Crippen molar-refractivity contribution < 1.29 is 31.7 Å². The Morgan fingerprint density at radius 1 is 1.17 bits per heavy atom. The molecule has 1 aliphatic carbocycles. The van der Waals surface area contributed by atoms with E-state index in [0.29, 0.717) is 40.5 Å². The van der Waals surface area contributed by atoms with Gasteiger partial charge < -0.3 is 20.1 Å². The van der Waals surface area contributed by atoms with Gasteiger partial charge in [0.15, 0.2) is 4.90 Å². The highest BCUT2D eigenvalue weighted by molar-refractivity contribution is 7.90. The molecule has 1 heterocycles. The number of amides is 2. The molecule has 0 radical (unpaired) electrons. The van der Waals surface area contributed by atoms with Gasteiger partial charge in [0.25, 0.3) is 0 Å². The number of halogens is 4. The van der Waals surface area contributed by atoms with Crippen LogP contribution in [0.4, 0.5) is 29.2 Å². The van der Waals surface area contributed by atoms with Crippen molar-refractivity contribution in [1.29, 1.82) is 0 Å². The second-order valence-electron chi connectivity index (χ2n) is 9.78. The van der Waals surface area contributed by atoms with Gasteiger partial charge in [0.05, 0.1) is 29.6 Å². The van der Waals surface area contributed by atoms with Crippen molar-refractivity contribution in [2.24, 2.45) is 0 Å². The first kappa shape index (κ1) is 30.3. The van der Waals surface area contributed by atoms with E-state index < -0.39 is 40.9 Å². The van der Waals surface area contributed by atoms with Gasteiger partial charge in [0.1, 0.15) is 12.4 Å². The van der Waals surface area contributed by atoms with Crippen LogP contribution in [0.5, 0.6) is 0 Å². The zero-order chi connectivity index (χ0) is 29.7. The maximum absolute atomic E-state index is 14.8. The monoisotopic (exact) mass is 591 g/mol. The molecule has 3 atom stereocenters. The van der Waals surface area contributed by atoms with Crippen molar-refractivity contribution in [3.8, 4) is 0 Å². The third-order valence-electron chi connectivity index (χ3n) is 6.68. The van der Waals surface area contributed by atoms with Crippen molar-refractivity contribution in [3.05, 3.63) is 77.1 Å². The molecule has 1 aliphatic rings. The second-order valence-corrected chi connectivity index (χ2v) is 11.2. The summed E-state index contributed by atoms with van der Waals surface area (Å²) in [5.74, 6) is -1.54. The van der Waals surface area contributed by atoms with Crippen molar-refractivity contribution in [1.82, 2.24) is 15.3 Å². The molecule has 4 rings (SSSR count). The van der Waals surface area contributed by atoms with Gasteiger partial charge in [0, 0.05) is 19.1 Å². The van der Waals surface area contributed by atoms with Crippen molar-refractivity contribution in [2.75, 3.05) is 16.5 Å². The summed E-state index contributed by atoms with van der Waals surface area (Å²) in [6, 6.07) is 9.74. The molecule has 2 amide bonds. The van der Waals surface area contributed by atoms with Crippen LogP contribution in [0, 0.1) is 0 Å². The predicted molar refractivity (Wildman–Crippen MR) is 146 cm³/mol. The average Bonchev–Trinajstić information content (AvgIpc) is 3.76. The van der Waals surface area contributed by atoms with Crippen LogP contribution in [0.25, 0.3) is 0 Å². The highest BCUT2D eigenvalue weighted by Gasteiger charge is 2.33. The van der Waals surface area contributed by atoms with Crippen LogP contribution >= 0.6 is 0 Å². The molecule has 1 fully saturated rings. The lowest BCUT2D eigenvalue weighted by Gasteiger charge is -2.23.